The fourth-order valence-corrected chi connectivity index (χ4v) is 3.11. The van der Waals surface area contributed by atoms with E-state index >= 15 is 0 Å². The molecule has 7 nitrogen and oxygen atoms in total. The summed E-state index contributed by atoms with van der Waals surface area (Å²) in [6.07, 6.45) is 5.62. The smallest absolute Gasteiger partial charge is 0.409 e. The van der Waals surface area contributed by atoms with Crippen LogP contribution in [0, 0.1) is 0 Å². The van der Waals surface area contributed by atoms with Crippen LogP contribution in [0.4, 0.5) is 4.79 Å². The number of carbonyl (C=O) groups is 3. The molecule has 0 aromatic carbocycles. The van der Waals surface area contributed by atoms with E-state index in [4.69, 9.17) is 4.74 Å². The van der Waals surface area contributed by atoms with Crippen molar-refractivity contribution in [3.05, 3.63) is 12.7 Å². The predicted octanol–water partition coefficient (Wildman–Crippen LogP) is 2.21. The van der Waals surface area contributed by atoms with Crippen LogP contribution in [0.15, 0.2) is 12.7 Å². The van der Waals surface area contributed by atoms with E-state index in [1.165, 1.54) is 11.8 Å². The lowest BCUT2D eigenvalue weighted by molar-refractivity contribution is -0.138. The third-order valence-electron chi connectivity index (χ3n) is 4.45. The van der Waals surface area contributed by atoms with Crippen molar-refractivity contribution in [2.45, 2.75) is 63.6 Å². The van der Waals surface area contributed by atoms with Crippen molar-refractivity contribution in [1.82, 2.24) is 10.2 Å². The topological polar surface area (TPSA) is 84.9 Å². The van der Waals surface area contributed by atoms with Gasteiger partial charge < -0.3 is 19.5 Å². The zero-order valence-electron chi connectivity index (χ0n) is 15.0. The van der Waals surface area contributed by atoms with Gasteiger partial charge in [-0.1, -0.05) is 18.9 Å². The Morgan fingerprint density at radius 3 is 2.64 bits per heavy atom. The van der Waals surface area contributed by atoms with Crippen LogP contribution in [0.2, 0.25) is 0 Å². The molecular formula is C17H29N2O5P. The van der Waals surface area contributed by atoms with Crippen LogP contribution < -0.4 is 5.32 Å². The van der Waals surface area contributed by atoms with Gasteiger partial charge in [0.1, 0.15) is 6.04 Å². The van der Waals surface area contributed by atoms with Gasteiger partial charge >= 0.3 is 6.09 Å². The molecule has 2 amide bonds. The Labute approximate surface area is 151 Å². The fourth-order valence-electron chi connectivity index (χ4n) is 3.04. The summed E-state index contributed by atoms with van der Waals surface area (Å²) in [5.74, 6) is -0.342. The molecule has 0 aromatic rings. The van der Waals surface area contributed by atoms with E-state index in [-0.39, 0.29) is 17.8 Å². The molecule has 1 N–H and O–H groups in total. The number of rotatable bonds is 10. The summed E-state index contributed by atoms with van der Waals surface area (Å²) in [5.41, 5.74) is 0. The average molecular weight is 372 g/mol. The third-order valence-corrected chi connectivity index (χ3v) is 4.66. The highest BCUT2D eigenvalue weighted by Gasteiger charge is 2.40. The third kappa shape index (κ3) is 6.75. The number of amides is 2. The maximum absolute atomic E-state index is 12.9. The summed E-state index contributed by atoms with van der Waals surface area (Å²) in [7, 11) is 3.43. The van der Waals surface area contributed by atoms with Gasteiger partial charge in [0.15, 0.2) is 5.78 Å². The summed E-state index contributed by atoms with van der Waals surface area (Å²) in [6, 6.07) is -1.22. The molecule has 0 radical (unpaired) electrons. The molecule has 0 saturated carbocycles. The molecular weight excluding hydrogens is 343 g/mol. The van der Waals surface area contributed by atoms with Gasteiger partial charge in [0.2, 0.25) is 5.91 Å². The highest BCUT2D eigenvalue weighted by molar-refractivity contribution is 7.10. The number of methoxy groups -OCH3 is 1. The van der Waals surface area contributed by atoms with Crippen LogP contribution in [-0.4, -0.2) is 54.5 Å². The van der Waals surface area contributed by atoms with E-state index in [1.807, 2.05) is 15.5 Å². The Morgan fingerprint density at radius 1 is 1.36 bits per heavy atom. The normalized spacial score (nSPS) is 20.8. The molecule has 8 heteroatoms. The Bertz CT molecular complexity index is 486. The monoisotopic (exact) mass is 372 g/mol. The number of hydrogen-bond acceptors (Lipinski definition) is 5. The summed E-state index contributed by atoms with van der Waals surface area (Å²) in [5, 5.41) is 2.58. The molecule has 0 aromatic heterocycles. The van der Waals surface area contributed by atoms with Gasteiger partial charge in [0.25, 0.3) is 0 Å². The van der Waals surface area contributed by atoms with Crippen molar-refractivity contribution in [3.8, 4) is 0 Å². The number of hydrogen-bond donors (Lipinski definition) is 1. The van der Waals surface area contributed by atoms with E-state index in [0.717, 1.165) is 25.7 Å². The van der Waals surface area contributed by atoms with Crippen molar-refractivity contribution >= 4 is 27.3 Å². The molecule has 1 rings (SSSR count). The largest absolute Gasteiger partial charge is 0.435 e. The van der Waals surface area contributed by atoms with Gasteiger partial charge in [-0.25, -0.2) is 4.79 Å². The molecule has 1 aliphatic heterocycles. The molecule has 0 bridgehead atoms. The first-order chi connectivity index (χ1) is 11.9. The van der Waals surface area contributed by atoms with Crippen LogP contribution >= 0.6 is 9.47 Å². The minimum absolute atomic E-state index is 0.0775. The summed E-state index contributed by atoms with van der Waals surface area (Å²) < 4.78 is 9.85. The van der Waals surface area contributed by atoms with Gasteiger partial charge in [-0.2, -0.15) is 0 Å². The van der Waals surface area contributed by atoms with E-state index in [2.05, 4.69) is 16.4 Å². The number of nitrogens with zero attached hydrogens (tertiary/aromatic N) is 1. The maximum atomic E-state index is 12.9. The first-order valence-electron chi connectivity index (χ1n) is 8.56. The average Bonchev–Trinajstić information content (AvgIpc) is 3.04. The van der Waals surface area contributed by atoms with Crippen LogP contribution in [-0.2, 0) is 18.8 Å². The number of Topliss-reactive ketones (excluding diaryl/α,β-unsaturated/α-hetero) is 1. The first kappa shape index (κ1) is 21.6. The number of unbranched alkanes of at least 4 members (excludes halogenated alkanes) is 3. The number of nitrogens with one attached hydrogen (secondary N) is 1. The Hall–Kier alpha value is -1.46. The Morgan fingerprint density at radius 2 is 2.08 bits per heavy atom. The fraction of sp³-hybridized carbons (Fsp3) is 0.706. The van der Waals surface area contributed by atoms with Gasteiger partial charge in [-0.3, -0.25) is 9.59 Å². The highest BCUT2D eigenvalue weighted by Crippen LogP contribution is 2.23. The second kappa shape index (κ2) is 11.2. The van der Waals surface area contributed by atoms with E-state index in [0.29, 0.717) is 19.4 Å². The van der Waals surface area contributed by atoms with Crippen LogP contribution in [0.25, 0.3) is 0 Å². The van der Waals surface area contributed by atoms with Gasteiger partial charge in [-0.05, 0) is 26.2 Å². The minimum atomic E-state index is -0.714. The number of ether oxygens (including phenoxy) is 1. The standard InChI is InChI=1S/C17H29N2O5P/c1-4-5-6-7-8-9-14(18-17(22)24-25)16(21)19-11-13(23-3)10-15(19)12(2)20/h4,13-15H,1,5-11,25H2,2-3H3,(H,18,22)/t13-,14+,15+/m1/s1. The van der Waals surface area contributed by atoms with Gasteiger partial charge in [0.05, 0.1) is 21.6 Å². The van der Waals surface area contributed by atoms with Crippen LogP contribution in [0.5, 0.6) is 0 Å². The van der Waals surface area contributed by atoms with Crippen LogP contribution in [0.1, 0.15) is 45.4 Å². The SMILES string of the molecule is C=CCCCCC[C@H](NC(=O)OP)C(=O)N1C[C@H](OC)C[C@H]1C(C)=O. The quantitative estimate of drug-likeness (QED) is 0.361. The zero-order valence-corrected chi connectivity index (χ0v) is 16.2. The molecule has 142 valence electrons. The van der Waals surface area contributed by atoms with E-state index < -0.39 is 18.2 Å². The molecule has 0 aliphatic carbocycles. The number of allylic oxidation sites excluding steroid dienone is 1. The molecule has 25 heavy (non-hydrogen) atoms. The van der Waals surface area contributed by atoms with Gasteiger partial charge in [0, 0.05) is 20.1 Å². The number of ketones is 1. The van der Waals surface area contributed by atoms with Crippen LogP contribution in [0.3, 0.4) is 0 Å². The molecule has 1 fully saturated rings. The summed E-state index contributed by atoms with van der Waals surface area (Å²) >= 11 is 0. The van der Waals surface area contributed by atoms with Crippen molar-refractivity contribution in [2.75, 3.05) is 13.7 Å². The molecule has 0 spiro atoms. The zero-order chi connectivity index (χ0) is 18.8. The summed E-state index contributed by atoms with van der Waals surface area (Å²) in [4.78, 5) is 37.9. The second-order valence-corrected chi connectivity index (χ2v) is 6.48. The molecule has 1 unspecified atom stereocenters. The predicted molar refractivity (Wildman–Crippen MR) is 98.0 cm³/mol. The minimum Gasteiger partial charge on any atom is -0.435 e. The van der Waals surface area contributed by atoms with E-state index in [9.17, 15) is 14.4 Å². The lowest BCUT2D eigenvalue weighted by atomic mass is 10.0. The van der Waals surface area contributed by atoms with Crippen molar-refractivity contribution in [1.29, 1.82) is 0 Å². The molecule has 4 atom stereocenters. The molecule has 1 heterocycles. The van der Waals surface area contributed by atoms with Gasteiger partial charge in [-0.15, -0.1) is 6.58 Å². The Kier molecular flexibility index (Phi) is 9.68. The lowest BCUT2D eigenvalue weighted by Gasteiger charge is -2.27. The van der Waals surface area contributed by atoms with Crippen molar-refractivity contribution in [2.24, 2.45) is 0 Å². The maximum Gasteiger partial charge on any atom is 0.409 e. The molecule has 1 saturated heterocycles. The van der Waals surface area contributed by atoms with Crippen molar-refractivity contribution < 1.29 is 23.6 Å². The lowest BCUT2D eigenvalue weighted by Crippen LogP contribution is -2.51. The number of likely N-dealkylation sites (tertiary alicyclic amines) is 1. The second-order valence-electron chi connectivity index (χ2n) is 6.24. The van der Waals surface area contributed by atoms with E-state index in [1.54, 1.807) is 7.11 Å². The Balaban J connectivity index is 2.76. The number of carbonyl (C=O) groups excluding carboxylic acids is 3. The van der Waals surface area contributed by atoms with Crippen molar-refractivity contribution in [3.63, 3.8) is 0 Å². The highest BCUT2D eigenvalue weighted by atomic mass is 31.0. The summed E-state index contributed by atoms with van der Waals surface area (Å²) in [6.45, 7) is 5.51. The molecule has 1 aliphatic rings. The first-order valence-corrected chi connectivity index (χ1v) is 9.03.